The van der Waals surface area contributed by atoms with Gasteiger partial charge in [-0.3, -0.25) is 0 Å². The molecule has 1 atom stereocenters. The molecule has 0 radical (unpaired) electrons. The molecule has 5 nitrogen and oxygen atoms in total. The van der Waals surface area contributed by atoms with E-state index in [1.54, 1.807) is 6.92 Å². The summed E-state index contributed by atoms with van der Waals surface area (Å²) in [7, 11) is 0. The first kappa shape index (κ1) is 14.9. The number of aliphatic carboxylic acids is 1. The van der Waals surface area contributed by atoms with Crippen LogP contribution in [0, 0.1) is 11.6 Å². The molecule has 0 aromatic heterocycles. The van der Waals surface area contributed by atoms with E-state index in [9.17, 15) is 18.4 Å². The second-order valence-corrected chi connectivity index (χ2v) is 3.86. The van der Waals surface area contributed by atoms with Gasteiger partial charge in [0, 0.05) is 12.1 Å². The van der Waals surface area contributed by atoms with Crippen LogP contribution in [0.2, 0.25) is 0 Å². The molecule has 0 aliphatic rings. The summed E-state index contributed by atoms with van der Waals surface area (Å²) in [6.45, 7) is 1.37. The molecule has 104 valence electrons. The molecule has 1 rings (SSSR count). The van der Waals surface area contributed by atoms with Crippen LogP contribution in [0.5, 0.6) is 0 Å². The van der Waals surface area contributed by atoms with Gasteiger partial charge in [-0.25, -0.2) is 18.4 Å². The third-order valence-corrected chi connectivity index (χ3v) is 2.46. The zero-order valence-corrected chi connectivity index (χ0v) is 10.2. The van der Waals surface area contributed by atoms with Crippen LogP contribution in [0.25, 0.3) is 0 Å². The van der Waals surface area contributed by atoms with E-state index in [0.29, 0.717) is 0 Å². The van der Waals surface area contributed by atoms with E-state index < -0.39 is 29.7 Å². The van der Waals surface area contributed by atoms with Crippen molar-refractivity contribution >= 4 is 12.0 Å². The first-order valence-electron chi connectivity index (χ1n) is 5.65. The van der Waals surface area contributed by atoms with Crippen LogP contribution >= 0.6 is 0 Å². The Balaban J connectivity index is 2.54. The minimum Gasteiger partial charge on any atom is -0.480 e. The monoisotopic (exact) mass is 272 g/mol. The number of rotatable bonds is 5. The van der Waals surface area contributed by atoms with Crippen molar-refractivity contribution in [2.75, 3.05) is 0 Å². The Morgan fingerprint density at radius 3 is 2.63 bits per heavy atom. The number of amides is 2. The Kier molecular flexibility index (Phi) is 5.23. The molecule has 0 spiro atoms. The Morgan fingerprint density at radius 2 is 2.05 bits per heavy atom. The maximum Gasteiger partial charge on any atom is 0.326 e. The predicted molar refractivity (Wildman–Crippen MR) is 63.4 cm³/mol. The van der Waals surface area contributed by atoms with Gasteiger partial charge in [0.1, 0.15) is 17.7 Å². The van der Waals surface area contributed by atoms with Gasteiger partial charge in [-0.1, -0.05) is 6.92 Å². The van der Waals surface area contributed by atoms with Gasteiger partial charge in [0.25, 0.3) is 0 Å². The molecule has 0 heterocycles. The number of benzene rings is 1. The standard InChI is InChI=1S/C12H14F2N2O3/c1-2-10(11(17)18)16-12(19)15-6-7-5-8(13)3-4-9(7)14/h3-5,10H,2,6H2,1H3,(H,17,18)(H2,15,16,19). The molecule has 0 bridgehead atoms. The number of carbonyl (C=O) groups is 2. The number of nitrogens with one attached hydrogen (secondary N) is 2. The zero-order valence-electron chi connectivity index (χ0n) is 10.2. The van der Waals surface area contributed by atoms with Crippen LogP contribution < -0.4 is 10.6 Å². The third kappa shape index (κ3) is 4.53. The van der Waals surface area contributed by atoms with Gasteiger partial charge < -0.3 is 15.7 Å². The fourth-order valence-corrected chi connectivity index (χ4v) is 1.40. The van der Waals surface area contributed by atoms with E-state index >= 15 is 0 Å². The topological polar surface area (TPSA) is 78.4 Å². The lowest BCUT2D eigenvalue weighted by Crippen LogP contribution is -2.45. The summed E-state index contributed by atoms with van der Waals surface area (Å²) < 4.78 is 26.1. The zero-order chi connectivity index (χ0) is 14.4. The molecule has 1 aromatic rings. The molecule has 0 aliphatic carbocycles. The average Bonchev–Trinajstić information content (AvgIpc) is 2.36. The van der Waals surface area contributed by atoms with E-state index in [0.717, 1.165) is 18.2 Å². The van der Waals surface area contributed by atoms with Crippen molar-refractivity contribution < 1.29 is 23.5 Å². The molecule has 1 unspecified atom stereocenters. The smallest absolute Gasteiger partial charge is 0.326 e. The van der Waals surface area contributed by atoms with Crippen molar-refractivity contribution in [3.05, 3.63) is 35.4 Å². The lowest BCUT2D eigenvalue weighted by molar-refractivity contribution is -0.139. The minimum absolute atomic E-state index is 0.0153. The van der Waals surface area contributed by atoms with Gasteiger partial charge in [-0.2, -0.15) is 0 Å². The third-order valence-electron chi connectivity index (χ3n) is 2.46. The van der Waals surface area contributed by atoms with Gasteiger partial charge >= 0.3 is 12.0 Å². The molecule has 0 fully saturated rings. The van der Waals surface area contributed by atoms with Gasteiger partial charge in [-0.15, -0.1) is 0 Å². The van der Waals surface area contributed by atoms with Crippen LogP contribution in [-0.2, 0) is 11.3 Å². The molecule has 1 aromatic carbocycles. The Morgan fingerprint density at radius 1 is 1.37 bits per heavy atom. The van der Waals surface area contributed by atoms with E-state index in [-0.39, 0.29) is 18.5 Å². The van der Waals surface area contributed by atoms with Gasteiger partial charge in [0.2, 0.25) is 0 Å². The van der Waals surface area contributed by atoms with E-state index in [1.807, 2.05) is 0 Å². The van der Waals surface area contributed by atoms with Crippen molar-refractivity contribution in [2.45, 2.75) is 25.9 Å². The van der Waals surface area contributed by atoms with Crippen LogP contribution in [0.3, 0.4) is 0 Å². The summed E-state index contributed by atoms with van der Waals surface area (Å²) in [6.07, 6.45) is 0.219. The summed E-state index contributed by atoms with van der Waals surface area (Å²) in [6, 6.07) is 1.12. The molecule has 0 aliphatic heterocycles. The second-order valence-electron chi connectivity index (χ2n) is 3.86. The predicted octanol–water partition coefficient (Wildman–Crippen LogP) is 1.63. The number of carboxylic acid groups (broad SMARTS) is 1. The lowest BCUT2D eigenvalue weighted by atomic mass is 10.2. The molecule has 0 saturated heterocycles. The van der Waals surface area contributed by atoms with Crippen molar-refractivity contribution in [1.82, 2.24) is 10.6 Å². The summed E-state index contributed by atoms with van der Waals surface area (Å²) in [5, 5.41) is 13.2. The van der Waals surface area contributed by atoms with E-state index in [1.165, 1.54) is 0 Å². The minimum atomic E-state index is -1.16. The summed E-state index contributed by atoms with van der Waals surface area (Å²) >= 11 is 0. The maximum absolute atomic E-state index is 13.2. The molecule has 19 heavy (non-hydrogen) atoms. The number of hydrogen-bond acceptors (Lipinski definition) is 2. The highest BCUT2D eigenvalue weighted by atomic mass is 19.1. The molecule has 7 heteroatoms. The van der Waals surface area contributed by atoms with Crippen molar-refractivity contribution in [3.63, 3.8) is 0 Å². The summed E-state index contributed by atoms with van der Waals surface area (Å²) in [5.74, 6) is -2.42. The number of urea groups is 1. The first-order chi connectivity index (χ1) is 8.93. The highest BCUT2D eigenvalue weighted by Gasteiger charge is 2.17. The largest absolute Gasteiger partial charge is 0.480 e. The van der Waals surface area contributed by atoms with Crippen molar-refractivity contribution in [3.8, 4) is 0 Å². The highest BCUT2D eigenvalue weighted by molar-refractivity contribution is 5.82. The quantitative estimate of drug-likeness (QED) is 0.762. The van der Waals surface area contributed by atoms with Gasteiger partial charge in [-0.05, 0) is 24.6 Å². The maximum atomic E-state index is 13.2. The normalized spacial score (nSPS) is 11.7. The first-order valence-corrected chi connectivity index (χ1v) is 5.65. The number of hydrogen-bond donors (Lipinski definition) is 3. The molecule has 3 N–H and O–H groups in total. The molecule has 0 saturated carbocycles. The van der Waals surface area contributed by atoms with E-state index in [2.05, 4.69) is 10.6 Å². The summed E-state index contributed by atoms with van der Waals surface area (Å²) in [5.41, 5.74) is -0.0153. The van der Waals surface area contributed by atoms with Crippen LogP contribution in [0.4, 0.5) is 13.6 Å². The van der Waals surface area contributed by atoms with Crippen LogP contribution in [0.1, 0.15) is 18.9 Å². The number of halogens is 2. The number of carboxylic acids is 1. The highest BCUT2D eigenvalue weighted by Crippen LogP contribution is 2.09. The number of carbonyl (C=O) groups excluding carboxylic acids is 1. The molecule has 2 amide bonds. The van der Waals surface area contributed by atoms with Gasteiger partial charge in [0.15, 0.2) is 0 Å². The molecular weight excluding hydrogens is 258 g/mol. The average molecular weight is 272 g/mol. The fraction of sp³-hybridized carbons (Fsp3) is 0.333. The fourth-order valence-electron chi connectivity index (χ4n) is 1.40. The Labute approximate surface area is 108 Å². The van der Waals surface area contributed by atoms with E-state index in [4.69, 9.17) is 5.11 Å². The van der Waals surface area contributed by atoms with Gasteiger partial charge in [0.05, 0.1) is 0 Å². The van der Waals surface area contributed by atoms with Crippen molar-refractivity contribution in [2.24, 2.45) is 0 Å². The second kappa shape index (κ2) is 6.67. The van der Waals surface area contributed by atoms with Crippen LogP contribution in [-0.4, -0.2) is 23.1 Å². The molecular formula is C12H14F2N2O3. The summed E-state index contributed by atoms with van der Waals surface area (Å²) in [4.78, 5) is 22.1. The lowest BCUT2D eigenvalue weighted by Gasteiger charge is -2.13. The Bertz CT molecular complexity index is 480. The Hall–Kier alpha value is -2.18. The SMILES string of the molecule is CCC(NC(=O)NCc1cc(F)ccc1F)C(=O)O. The van der Waals surface area contributed by atoms with Crippen LogP contribution in [0.15, 0.2) is 18.2 Å². The van der Waals surface area contributed by atoms with Crippen molar-refractivity contribution in [1.29, 1.82) is 0 Å².